The summed E-state index contributed by atoms with van der Waals surface area (Å²) in [6.07, 6.45) is 0. The van der Waals surface area contributed by atoms with Crippen LogP contribution in [0, 0.1) is 13.8 Å². The molecule has 0 saturated carbocycles. The van der Waals surface area contributed by atoms with Crippen LogP contribution in [0.25, 0.3) is 230 Å². The highest BCUT2D eigenvalue weighted by Gasteiger charge is 2.21. The van der Waals surface area contributed by atoms with Gasteiger partial charge in [0.2, 0.25) is 0 Å². The van der Waals surface area contributed by atoms with Gasteiger partial charge in [-0.25, -0.2) is 0 Å². The minimum Gasteiger partial charge on any atom is -0.135 e. The van der Waals surface area contributed by atoms with Crippen LogP contribution in [0.1, 0.15) is 11.1 Å². The summed E-state index contributed by atoms with van der Waals surface area (Å²) in [5.74, 6) is 0. The lowest BCUT2D eigenvalue weighted by Crippen LogP contribution is -1.87. The van der Waals surface area contributed by atoms with Crippen molar-refractivity contribution < 1.29 is 0 Å². The zero-order valence-electron chi connectivity index (χ0n) is 63.7. The van der Waals surface area contributed by atoms with Crippen molar-refractivity contribution in [3.63, 3.8) is 0 Å². The third kappa shape index (κ3) is 12.4. The van der Waals surface area contributed by atoms with Crippen LogP contribution in [0.5, 0.6) is 0 Å². The molecule has 0 radical (unpaired) electrons. The van der Waals surface area contributed by atoms with Crippen LogP contribution in [-0.4, -0.2) is 0 Å². The Morgan fingerprint density at radius 1 is 0.137 bits per heavy atom. The first kappa shape index (κ1) is 70.0. The smallest absolute Gasteiger partial charge is 0.0433 e. The number of aryl methyl sites for hydroxylation is 2. The molecule has 0 atom stereocenters. The average Bonchev–Trinajstić information content (AvgIpc) is 1.63. The monoisotopic (exact) mass is 1610 g/mol. The molecule has 0 aliphatic carbocycles. The van der Waals surface area contributed by atoms with Gasteiger partial charge in [-0.05, 0) is 224 Å². The van der Waals surface area contributed by atoms with Crippen LogP contribution in [0.15, 0.2) is 376 Å². The molecule has 25 aromatic rings. The zero-order valence-corrected chi connectivity index (χ0v) is 69.4. The minimum atomic E-state index is 1.24. The molecule has 7 aromatic heterocycles. The second-order valence-corrected chi connectivity index (χ2v) is 38.1. The van der Waals surface area contributed by atoms with Crippen LogP contribution in [0.4, 0.5) is 0 Å². The third-order valence-corrected chi connectivity index (χ3v) is 31.6. The highest BCUT2D eigenvalue weighted by atomic mass is 32.1. The molecule has 0 fully saturated rings. The van der Waals surface area contributed by atoms with Crippen molar-refractivity contribution in [1.29, 1.82) is 0 Å². The summed E-state index contributed by atoms with van der Waals surface area (Å²) in [4.78, 5) is 0. The lowest BCUT2D eigenvalue weighted by Gasteiger charge is -2.13. The van der Waals surface area contributed by atoms with E-state index in [-0.39, 0.29) is 0 Å². The van der Waals surface area contributed by atoms with E-state index >= 15 is 0 Å². The second-order valence-electron chi connectivity index (χ2n) is 30.6. The standard InChI is InChI=1S/2C42H24S3.C26H20S/c1-4-19-37-31(10-1)34-16-7-13-28(40(34)43-37)25-22-26(29-14-8-17-35-32-11-2-5-20-38(32)44-41(29)35)24-27(23-25)30-15-9-18-36-33-12-3-6-21-39(33)45-42(30)36;1-4-12-36-31(8-1)33-18-16-26(24-41(33)45-36)28-20-27(25-17-19-39-35(23-25)32-9-2-5-13-37(32)43-39)21-29(22-28)30-11-7-15-40-42(30)34-10-3-6-14-38(34)44-40;1-17-3-7-19(8-4-17)21-11-13-25-23(15-21)24-16-22(12-14-26(24)27-25)20-9-5-18(2)6-10-20/h2*1-24H;3-16H,1-2H3. The van der Waals surface area contributed by atoms with E-state index in [0.717, 1.165) is 0 Å². The molecule has 0 nitrogen and oxygen atoms in total. The summed E-state index contributed by atoms with van der Waals surface area (Å²) in [7, 11) is 0. The highest BCUT2D eigenvalue weighted by molar-refractivity contribution is 7.28. The second kappa shape index (κ2) is 28.7. The molecule has 0 aliphatic rings. The van der Waals surface area contributed by atoms with Gasteiger partial charge in [0.05, 0.1) is 0 Å². The Bertz CT molecular complexity index is 7870. The van der Waals surface area contributed by atoms with Crippen molar-refractivity contribution in [2.24, 2.45) is 0 Å². The summed E-state index contributed by atoms with van der Waals surface area (Å²) in [6.45, 7) is 4.26. The molecule has 7 heterocycles. The Balaban J connectivity index is 0.000000107. The summed E-state index contributed by atoms with van der Waals surface area (Å²) in [5.41, 5.74) is 22.9. The van der Waals surface area contributed by atoms with E-state index in [1.165, 1.54) is 241 Å². The Kier molecular flexibility index (Phi) is 17.2. The fourth-order valence-corrected chi connectivity index (χ4v) is 25.7. The van der Waals surface area contributed by atoms with E-state index in [2.05, 4.69) is 390 Å². The summed E-state index contributed by atoms with van der Waals surface area (Å²) >= 11 is 13.2. The van der Waals surface area contributed by atoms with Crippen LogP contribution in [-0.2, 0) is 0 Å². The van der Waals surface area contributed by atoms with Gasteiger partial charge in [0.1, 0.15) is 0 Å². The first-order chi connectivity index (χ1) is 57.7. The topological polar surface area (TPSA) is 0 Å². The molecule has 117 heavy (non-hydrogen) atoms. The number of hydrogen-bond acceptors (Lipinski definition) is 7. The predicted molar refractivity (Wildman–Crippen MR) is 523 cm³/mol. The van der Waals surface area contributed by atoms with Crippen molar-refractivity contribution >= 4 is 221 Å². The maximum Gasteiger partial charge on any atom is 0.0433 e. The van der Waals surface area contributed by atoms with Crippen molar-refractivity contribution in [3.05, 3.63) is 387 Å². The van der Waals surface area contributed by atoms with E-state index < -0.39 is 0 Å². The van der Waals surface area contributed by atoms with Gasteiger partial charge >= 0.3 is 0 Å². The number of thiophene rings is 7. The summed E-state index contributed by atoms with van der Waals surface area (Å²) in [6, 6.07) is 140. The van der Waals surface area contributed by atoms with Gasteiger partial charge in [-0.15, -0.1) is 79.4 Å². The highest BCUT2D eigenvalue weighted by Crippen LogP contribution is 2.50. The number of benzene rings is 18. The molecule has 7 heteroatoms. The van der Waals surface area contributed by atoms with Crippen LogP contribution >= 0.6 is 79.4 Å². The zero-order chi connectivity index (χ0) is 77.3. The van der Waals surface area contributed by atoms with E-state index in [0.29, 0.717) is 0 Å². The molecule has 0 spiro atoms. The number of hydrogen-bond donors (Lipinski definition) is 0. The van der Waals surface area contributed by atoms with E-state index in [1.54, 1.807) is 0 Å². The molecular weight excluding hydrogens is 1550 g/mol. The van der Waals surface area contributed by atoms with E-state index in [4.69, 9.17) is 0 Å². The number of rotatable bonds is 8. The molecule has 0 unspecified atom stereocenters. The Morgan fingerprint density at radius 2 is 0.393 bits per heavy atom. The Morgan fingerprint density at radius 3 is 0.838 bits per heavy atom. The van der Waals surface area contributed by atoms with Crippen molar-refractivity contribution in [2.45, 2.75) is 13.8 Å². The van der Waals surface area contributed by atoms with Crippen LogP contribution < -0.4 is 0 Å². The molecular formula is C110H68S7. The predicted octanol–water partition coefficient (Wildman–Crippen LogP) is 35.6. The molecule has 0 aliphatic heterocycles. The fourth-order valence-electron chi connectivity index (χ4n) is 17.6. The van der Waals surface area contributed by atoms with Crippen molar-refractivity contribution in [1.82, 2.24) is 0 Å². The van der Waals surface area contributed by atoms with Gasteiger partial charge in [-0.3, -0.25) is 0 Å². The summed E-state index contributed by atoms with van der Waals surface area (Å²) in [5, 5.41) is 18.7. The van der Waals surface area contributed by atoms with Gasteiger partial charge < -0.3 is 0 Å². The molecule has 25 rings (SSSR count). The quantitative estimate of drug-likeness (QED) is 0.142. The van der Waals surface area contributed by atoms with Gasteiger partial charge in [-0.1, -0.05) is 266 Å². The van der Waals surface area contributed by atoms with E-state index in [1.807, 2.05) is 79.4 Å². The molecule has 0 amide bonds. The maximum absolute atomic E-state index is 2.42. The summed E-state index contributed by atoms with van der Waals surface area (Å²) < 4.78 is 18.8. The van der Waals surface area contributed by atoms with Gasteiger partial charge in [0, 0.05) is 141 Å². The third-order valence-electron chi connectivity index (χ3n) is 23.4. The molecule has 0 N–H and O–H groups in total. The lowest BCUT2D eigenvalue weighted by molar-refractivity contribution is 1.47. The van der Waals surface area contributed by atoms with Crippen molar-refractivity contribution in [2.75, 3.05) is 0 Å². The van der Waals surface area contributed by atoms with Gasteiger partial charge in [0.25, 0.3) is 0 Å². The molecule has 18 aromatic carbocycles. The minimum absolute atomic E-state index is 1.24. The first-order valence-corrected chi connectivity index (χ1v) is 45.3. The molecule has 0 saturated heterocycles. The Labute approximate surface area is 704 Å². The van der Waals surface area contributed by atoms with Crippen LogP contribution in [0.2, 0.25) is 0 Å². The molecule has 550 valence electrons. The number of fused-ring (bicyclic) bond motifs is 21. The normalized spacial score (nSPS) is 11.8. The maximum atomic E-state index is 2.42. The largest absolute Gasteiger partial charge is 0.135 e. The lowest BCUT2D eigenvalue weighted by atomic mass is 9.91. The van der Waals surface area contributed by atoms with Gasteiger partial charge in [-0.2, -0.15) is 0 Å². The fraction of sp³-hybridized carbons (Fsp3) is 0.0182. The Hall–Kier alpha value is -12.5. The van der Waals surface area contributed by atoms with Crippen LogP contribution in [0.3, 0.4) is 0 Å². The average molecular weight is 1610 g/mol. The van der Waals surface area contributed by atoms with Gasteiger partial charge in [0.15, 0.2) is 0 Å². The molecule has 0 bridgehead atoms. The first-order valence-electron chi connectivity index (χ1n) is 39.6. The van der Waals surface area contributed by atoms with E-state index in [9.17, 15) is 0 Å². The van der Waals surface area contributed by atoms with Crippen molar-refractivity contribution in [3.8, 4) is 89.0 Å². The SMILES string of the molecule is Cc1ccc(-c2ccc3sc4ccc(-c5ccc(C)cc5)cc4c3c2)cc1.c1ccc2c(c1)sc1c(-c3cc(-c4cccc5c4sc4ccccc45)cc(-c4cccc5c4sc4ccccc45)c3)cccc12.c1ccc2c(c1)sc1cc(-c3cc(-c4ccc5sc6ccccc6c5c4)cc(-c4cccc5sc6ccccc6c45)c3)ccc12.